The minimum absolute atomic E-state index is 0.0285. The number of esters is 1. The molecule has 2 heterocycles. The average molecular weight is 371 g/mol. The highest BCUT2D eigenvalue weighted by Gasteiger charge is 2.11. The van der Waals surface area contributed by atoms with Crippen molar-refractivity contribution in [1.29, 1.82) is 0 Å². The van der Waals surface area contributed by atoms with Crippen LogP contribution in [0.15, 0.2) is 40.5 Å². The van der Waals surface area contributed by atoms with Crippen molar-refractivity contribution in [1.82, 2.24) is 9.38 Å². The van der Waals surface area contributed by atoms with Crippen molar-refractivity contribution in [3.8, 4) is 0 Å². The smallest absolute Gasteiger partial charge is 0.338 e. The quantitative estimate of drug-likeness (QED) is 0.622. The van der Waals surface area contributed by atoms with Gasteiger partial charge in [-0.2, -0.15) is 0 Å². The van der Waals surface area contributed by atoms with Gasteiger partial charge in [-0.1, -0.05) is 0 Å². The number of anilines is 1. The lowest BCUT2D eigenvalue weighted by Gasteiger charge is -2.20. The molecule has 0 amide bonds. The lowest BCUT2D eigenvalue weighted by Crippen LogP contribution is -2.21. The number of carbonyl (C=O) groups excluding carboxylic acids is 1. The lowest BCUT2D eigenvalue weighted by atomic mass is 10.2. The first-order valence-electron chi connectivity index (χ1n) is 8.52. The monoisotopic (exact) mass is 371 g/mol. The number of carbonyl (C=O) groups is 1. The SMILES string of the molecule is CCN(CC)c1ccc(C(=O)OCc2cc(=O)n3c(C)csc3n2)cc1. The van der Waals surface area contributed by atoms with Gasteiger partial charge in [-0.3, -0.25) is 9.20 Å². The molecule has 0 radical (unpaired) electrons. The van der Waals surface area contributed by atoms with Crippen molar-refractivity contribution in [2.45, 2.75) is 27.4 Å². The zero-order chi connectivity index (χ0) is 18.7. The highest BCUT2D eigenvalue weighted by Crippen LogP contribution is 2.16. The van der Waals surface area contributed by atoms with Crippen molar-refractivity contribution < 1.29 is 9.53 Å². The Hall–Kier alpha value is -2.67. The van der Waals surface area contributed by atoms with Crippen LogP contribution in [-0.4, -0.2) is 28.4 Å². The molecule has 0 unspecified atom stereocenters. The van der Waals surface area contributed by atoms with E-state index in [0.29, 0.717) is 16.2 Å². The van der Waals surface area contributed by atoms with Crippen LogP contribution in [0.3, 0.4) is 0 Å². The third kappa shape index (κ3) is 3.62. The van der Waals surface area contributed by atoms with E-state index < -0.39 is 5.97 Å². The summed E-state index contributed by atoms with van der Waals surface area (Å²) in [5.74, 6) is -0.430. The second-order valence-corrected chi connectivity index (χ2v) is 6.71. The van der Waals surface area contributed by atoms with Gasteiger partial charge in [0, 0.05) is 35.9 Å². The van der Waals surface area contributed by atoms with Gasteiger partial charge < -0.3 is 9.64 Å². The molecule has 1 aromatic carbocycles. The number of ether oxygens (including phenoxy) is 1. The van der Waals surface area contributed by atoms with E-state index in [1.54, 1.807) is 16.5 Å². The summed E-state index contributed by atoms with van der Waals surface area (Å²) in [6.07, 6.45) is 0. The Labute approximate surface area is 155 Å². The van der Waals surface area contributed by atoms with Crippen LogP contribution in [0.1, 0.15) is 35.6 Å². The second kappa shape index (κ2) is 7.70. The number of aromatic nitrogens is 2. The van der Waals surface area contributed by atoms with Gasteiger partial charge in [0.25, 0.3) is 5.56 Å². The minimum Gasteiger partial charge on any atom is -0.456 e. The molecule has 0 aliphatic heterocycles. The van der Waals surface area contributed by atoms with Crippen LogP contribution in [0, 0.1) is 6.92 Å². The average Bonchev–Trinajstić information content (AvgIpc) is 3.02. The van der Waals surface area contributed by atoms with Gasteiger partial charge in [0.05, 0.1) is 11.3 Å². The van der Waals surface area contributed by atoms with E-state index in [0.717, 1.165) is 24.5 Å². The van der Waals surface area contributed by atoms with Crippen molar-refractivity contribution in [3.05, 3.63) is 63.0 Å². The van der Waals surface area contributed by atoms with Gasteiger partial charge in [-0.15, -0.1) is 11.3 Å². The number of hydrogen-bond acceptors (Lipinski definition) is 6. The van der Waals surface area contributed by atoms with Crippen molar-refractivity contribution >= 4 is 28.0 Å². The first-order chi connectivity index (χ1) is 12.5. The normalized spacial score (nSPS) is 10.9. The molecule has 3 rings (SSSR count). The van der Waals surface area contributed by atoms with Crippen molar-refractivity contribution in [2.24, 2.45) is 0 Å². The number of aryl methyl sites for hydroxylation is 1. The Morgan fingerprint density at radius 3 is 2.58 bits per heavy atom. The molecule has 0 atom stereocenters. The van der Waals surface area contributed by atoms with Gasteiger partial charge in [0.1, 0.15) is 6.61 Å². The van der Waals surface area contributed by atoms with Crippen LogP contribution in [-0.2, 0) is 11.3 Å². The number of rotatable bonds is 6. The maximum absolute atomic E-state index is 12.2. The van der Waals surface area contributed by atoms with E-state index in [9.17, 15) is 9.59 Å². The van der Waals surface area contributed by atoms with Crippen LogP contribution < -0.4 is 10.5 Å². The second-order valence-electron chi connectivity index (χ2n) is 5.88. The number of nitrogens with zero attached hydrogens (tertiary/aromatic N) is 3. The summed E-state index contributed by atoms with van der Waals surface area (Å²) < 4.78 is 6.86. The van der Waals surface area contributed by atoms with Crippen LogP contribution in [0.4, 0.5) is 5.69 Å². The third-order valence-electron chi connectivity index (χ3n) is 4.21. The fourth-order valence-corrected chi connectivity index (χ4v) is 3.69. The maximum Gasteiger partial charge on any atom is 0.338 e. The summed E-state index contributed by atoms with van der Waals surface area (Å²) >= 11 is 1.39. The van der Waals surface area contributed by atoms with E-state index in [4.69, 9.17) is 4.74 Å². The van der Waals surface area contributed by atoms with E-state index in [2.05, 4.69) is 23.7 Å². The fourth-order valence-electron chi connectivity index (χ4n) is 2.79. The molecule has 2 aromatic heterocycles. The first kappa shape index (κ1) is 18.1. The Bertz CT molecular complexity index is 972. The summed E-state index contributed by atoms with van der Waals surface area (Å²) in [5.41, 5.74) is 2.68. The zero-order valence-corrected chi connectivity index (χ0v) is 15.9. The Balaban J connectivity index is 1.70. The molecule has 0 bridgehead atoms. The Morgan fingerprint density at radius 2 is 1.92 bits per heavy atom. The fraction of sp³-hybridized carbons (Fsp3) is 0.316. The Kier molecular flexibility index (Phi) is 5.37. The number of thiazole rings is 1. The lowest BCUT2D eigenvalue weighted by molar-refractivity contribution is 0.0468. The molecule has 0 aliphatic carbocycles. The van der Waals surface area contributed by atoms with E-state index in [-0.39, 0.29) is 12.2 Å². The number of fused-ring (bicyclic) bond motifs is 1. The van der Waals surface area contributed by atoms with Gasteiger partial charge >= 0.3 is 5.97 Å². The standard InChI is InChI=1S/C19H21N3O3S/c1-4-21(5-2)16-8-6-14(7-9-16)18(24)25-11-15-10-17(23)22-13(3)12-26-19(22)20-15/h6-10,12H,4-5,11H2,1-3H3. The molecule has 0 aliphatic rings. The number of hydrogen-bond donors (Lipinski definition) is 0. The molecule has 6 nitrogen and oxygen atoms in total. The predicted molar refractivity (Wildman–Crippen MR) is 103 cm³/mol. The third-order valence-corrected chi connectivity index (χ3v) is 5.15. The van der Waals surface area contributed by atoms with Gasteiger partial charge in [0.15, 0.2) is 4.96 Å². The molecular weight excluding hydrogens is 350 g/mol. The minimum atomic E-state index is -0.430. The van der Waals surface area contributed by atoms with Gasteiger partial charge in [-0.25, -0.2) is 9.78 Å². The molecule has 26 heavy (non-hydrogen) atoms. The molecule has 0 fully saturated rings. The van der Waals surface area contributed by atoms with Gasteiger partial charge in [0.2, 0.25) is 0 Å². The molecular formula is C19H21N3O3S. The molecule has 0 spiro atoms. The summed E-state index contributed by atoms with van der Waals surface area (Å²) in [5, 5.41) is 1.87. The highest BCUT2D eigenvalue weighted by molar-refractivity contribution is 7.15. The molecule has 0 saturated carbocycles. The van der Waals surface area contributed by atoms with E-state index in [1.807, 2.05) is 24.4 Å². The molecule has 136 valence electrons. The van der Waals surface area contributed by atoms with E-state index >= 15 is 0 Å². The molecule has 0 N–H and O–H groups in total. The molecule has 0 saturated heterocycles. The first-order valence-corrected chi connectivity index (χ1v) is 9.40. The molecule has 7 heteroatoms. The zero-order valence-electron chi connectivity index (χ0n) is 15.1. The van der Waals surface area contributed by atoms with Crippen LogP contribution >= 0.6 is 11.3 Å². The van der Waals surface area contributed by atoms with Crippen LogP contribution in [0.2, 0.25) is 0 Å². The van der Waals surface area contributed by atoms with E-state index in [1.165, 1.54) is 17.4 Å². The maximum atomic E-state index is 12.2. The van der Waals surface area contributed by atoms with Crippen molar-refractivity contribution in [3.63, 3.8) is 0 Å². The summed E-state index contributed by atoms with van der Waals surface area (Å²) in [7, 11) is 0. The number of benzene rings is 1. The van der Waals surface area contributed by atoms with Crippen LogP contribution in [0.5, 0.6) is 0 Å². The topological polar surface area (TPSA) is 63.9 Å². The summed E-state index contributed by atoms with van der Waals surface area (Å²) in [6.45, 7) is 7.83. The molecule has 3 aromatic rings. The largest absolute Gasteiger partial charge is 0.456 e. The highest BCUT2D eigenvalue weighted by atomic mass is 32.1. The summed E-state index contributed by atoms with van der Waals surface area (Å²) in [4.78, 5) is 31.6. The van der Waals surface area contributed by atoms with Crippen molar-refractivity contribution in [2.75, 3.05) is 18.0 Å². The Morgan fingerprint density at radius 1 is 1.23 bits per heavy atom. The summed E-state index contributed by atoms with van der Waals surface area (Å²) in [6, 6.07) is 8.74. The van der Waals surface area contributed by atoms with Crippen LogP contribution in [0.25, 0.3) is 4.96 Å². The predicted octanol–water partition coefficient (Wildman–Crippen LogP) is 3.27. The van der Waals surface area contributed by atoms with Gasteiger partial charge in [-0.05, 0) is 45.0 Å².